The van der Waals surface area contributed by atoms with Crippen molar-refractivity contribution in [2.75, 3.05) is 57.8 Å². The number of likely N-dealkylation sites (N-methyl/N-ethyl adjacent to an activating group) is 1. The van der Waals surface area contributed by atoms with E-state index in [2.05, 4.69) is 15.5 Å². The number of ketones is 1. The normalized spacial score (nSPS) is 16.2. The van der Waals surface area contributed by atoms with Crippen LogP contribution in [0.2, 0.25) is 0 Å². The minimum atomic E-state index is -4.82. The molecule has 1 heterocycles. The lowest BCUT2D eigenvalue weighted by Gasteiger charge is -2.31. The van der Waals surface area contributed by atoms with Crippen LogP contribution in [-0.4, -0.2) is 97.4 Å². The van der Waals surface area contributed by atoms with Crippen molar-refractivity contribution in [3.05, 3.63) is 35.9 Å². The number of benzene rings is 1. The van der Waals surface area contributed by atoms with Crippen LogP contribution in [0.1, 0.15) is 18.4 Å². The Balaban J connectivity index is 1.81. The minimum absolute atomic E-state index is 0.145. The Morgan fingerprint density at radius 1 is 1.09 bits per heavy atom. The highest BCUT2D eigenvalue weighted by Gasteiger charge is 2.37. The summed E-state index contributed by atoms with van der Waals surface area (Å²) in [6.07, 6.45) is -3.36. The van der Waals surface area contributed by atoms with Gasteiger partial charge in [-0.2, -0.15) is 24.9 Å². The van der Waals surface area contributed by atoms with Gasteiger partial charge in [0.2, 0.25) is 17.6 Å². The van der Waals surface area contributed by atoms with Crippen LogP contribution >= 0.6 is 11.8 Å². The summed E-state index contributed by atoms with van der Waals surface area (Å²) >= 11 is 0.893. The fraction of sp³-hybridized carbons (Fsp3) is 0.609. The van der Waals surface area contributed by atoms with Crippen LogP contribution in [0.5, 0.6) is 0 Å². The molecule has 34 heavy (non-hydrogen) atoms. The molecule has 2 rings (SSSR count). The van der Waals surface area contributed by atoms with Gasteiger partial charge in [-0.15, -0.1) is 0 Å². The minimum Gasteiger partial charge on any atom is -0.306 e. The van der Waals surface area contributed by atoms with Gasteiger partial charge in [0.25, 0.3) is 0 Å². The van der Waals surface area contributed by atoms with E-state index >= 15 is 0 Å². The molecule has 2 amide bonds. The van der Waals surface area contributed by atoms with Gasteiger partial charge in [0, 0.05) is 26.2 Å². The van der Waals surface area contributed by atoms with Crippen LogP contribution in [0.15, 0.2) is 30.3 Å². The predicted molar refractivity (Wildman–Crippen MR) is 127 cm³/mol. The van der Waals surface area contributed by atoms with E-state index in [1.54, 1.807) is 0 Å². The van der Waals surface area contributed by atoms with Crippen LogP contribution in [0.25, 0.3) is 0 Å². The van der Waals surface area contributed by atoms with E-state index in [9.17, 15) is 27.6 Å². The Morgan fingerprint density at radius 3 is 2.41 bits per heavy atom. The van der Waals surface area contributed by atoms with Gasteiger partial charge in [-0.05, 0) is 44.2 Å². The van der Waals surface area contributed by atoms with Crippen molar-refractivity contribution in [2.24, 2.45) is 0 Å². The van der Waals surface area contributed by atoms with E-state index in [4.69, 9.17) is 0 Å². The Bertz CT molecular complexity index is 787. The van der Waals surface area contributed by atoms with Crippen molar-refractivity contribution in [3.63, 3.8) is 0 Å². The molecule has 11 heteroatoms. The monoisotopic (exact) mass is 502 g/mol. The summed E-state index contributed by atoms with van der Waals surface area (Å²) in [6, 6.07) is 9.07. The largest absolute Gasteiger partial charge is 0.450 e. The van der Waals surface area contributed by atoms with Gasteiger partial charge in [-0.1, -0.05) is 30.3 Å². The van der Waals surface area contributed by atoms with Gasteiger partial charge in [-0.3, -0.25) is 24.6 Å². The van der Waals surface area contributed by atoms with Crippen LogP contribution < -0.4 is 10.6 Å². The number of nitrogens with zero attached hydrogens (tertiary/aromatic N) is 2. The molecule has 0 aliphatic carbocycles. The lowest BCUT2D eigenvalue weighted by atomic mass is 10.1. The zero-order valence-electron chi connectivity index (χ0n) is 19.4. The van der Waals surface area contributed by atoms with E-state index in [0.29, 0.717) is 31.6 Å². The SMILES string of the molecule is CN1CCN(CC(=O)NC(=O)[C@H](CCCSCC(=O)C(F)(F)F)NCCc2ccccc2)CC1. The van der Waals surface area contributed by atoms with E-state index in [1.807, 2.05) is 42.3 Å². The summed E-state index contributed by atoms with van der Waals surface area (Å²) in [5, 5.41) is 5.63. The van der Waals surface area contributed by atoms with Crippen molar-refractivity contribution in [1.82, 2.24) is 20.4 Å². The highest BCUT2D eigenvalue weighted by Crippen LogP contribution is 2.19. The number of piperazine rings is 1. The van der Waals surface area contributed by atoms with Gasteiger partial charge >= 0.3 is 6.18 Å². The smallest absolute Gasteiger partial charge is 0.306 e. The van der Waals surface area contributed by atoms with Crippen LogP contribution in [0, 0.1) is 0 Å². The second-order valence-electron chi connectivity index (χ2n) is 8.35. The van der Waals surface area contributed by atoms with Crippen LogP contribution in [0.3, 0.4) is 0 Å². The van der Waals surface area contributed by atoms with Crippen LogP contribution in [0.4, 0.5) is 13.2 Å². The lowest BCUT2D eigenvalue weighted by molar-refractivity contribution is -0.167. The van der Waals surface area contributed by atoms with Gasteiger partial charge in [0.15, 0.2) is 0 Å². The van der Waals surface area contributed by atoms with Crippen molar-refractivity contribution in [1.29, 1.82) is 0 Å². The Labute approximate surface area is 202 Å². The maximum atomic E-state index is 12.8. The van der Waals surface area contributed by atoms with E-state index in [-0.39, 0.29) is 12.5 Å². The van der Waals surface area contributed by atoms with Crippen molar-refractivity contribution in [3.8, 4) is 0 Å². The first-order valence-corrected chi connectivity index (χ1v) is 12.5. The molecule has 1 fully saturated rings. The Hall–Kier alpha value is -1.95. The van der Waals surface area contributed by atoms with Gasteiger partial charge in [0.1, 0.15) is 0 Å². The summed E-state index contributed by atoms with van der Waals surface area (Å²) in [7, 11) is 2.02. The number of nitrogens with one attached hydrogen (secondary N) is 2. The van der Waals surface area contributed by atoms with E-state index in [1.165, 1.54) is 0 Å². The highest BCUT2D eigenvalue weighted by atomic mass is 32.2. The van der Waals surface area contributed by atoms with Crippen molar-refractivity contribution >= 4 is 29.4 Å². The molecule has 0 spiro atoms. The summed E-state index contributed by atoms with van der Waals surface area (Å²) < 4.78 is 37.0. The average Bonchev–Trinajstić information content (AvgIpc) is 2.79. The quantitative estimate of drug-likeness (QED) is 0.398. The molecule has 1 aliphatic heterocycles. The second kappa shape index (κ2) is 14.4. The van der Waals surface area contributed by atoms with Gasteiger partial charge in [0.05, 0.1) is 18.3 Å². The first-order valence-electron chi connectivity index (χ1n) is 11.3. The summed E-state index contributed by atoms with van der Waals surface area (Å²) in [5.41, 5.74) is 1.10. The maximum Gasteiger partial charge on any atom is 0.450 e. The molecule has 0 aromatic heterocycles. The fourth-order valence-electron chi connectivity index (χ4n) is 3.47. The van der Waals surface area contributed by atoms with Crippen LogP contribution in [-0.2, 0) is 20.8 Å². The molecular formula is C23H33F3N4O3S. The molecule has 0 radical (unpaired) electrons. The third-order valence-corrected chi connectivity index (χ3v) is 6.56. The molecule has 190 valence electrons. The summed E-state index contributed by atoms with van der Waals surface area (Å²) in [6.45, 7) is 3.88. The number of carbonyl (C=O) groups excluding carboxylic acids is 3. The third kappa shape index (κ3) is 11.0. The topological polar surface area (TPSA) is 81.8 Å². The molecule has 0 unspecified atom stereocenters. The number of imide groups is 1. The predicted octanol–water partition coefficient (Wildman–Crippen LogP) is 1.72. The second-order valence-corrected chi connectivity index (χ2v) is 9.46. The molecule has 2 N–H and O–H groups in total. The zero-order chi connectivity index (χ0) is 25.0. The Morgan fingerprint density at radius 2 is 1.76 bits per heavy atom. The lowest BCUT2D eigenvalue weighted by Crippen LogP contribution is -2.52. The Kier molecular flexibility index (Phi) is 12.0. The number of alkyl halides is 3. The summed E-state index contributed by atoms with van der Waals surface area (Å²) in [5.74, 6) is -2.90. The molecule has 1 aromatic carbocycles. The van der Waals surface area contributed by atoms with Crippen molar-refractivity contribution < 1.29 is 27.6 Å². The number of halogens is 3. The standard InChI is InChI=1S/C23H33F3N4O3S/c1-29-11-13-30(14-12-29)16-21(32)28-22(33)19(27-10-9-18-6-3-2-4-7-18)8-5-15-34-17-20(31)23(24,25)26/h2-4,6-7,19,27H,5,8-17H2,1H3,(H,28,32,33)/t19-/m0/s1. The maximum absolute atomic E-state index is 12.8. The molecule has 1 aromatic rings. The molecule has 7 nitrogen and oxygen atoms in total. The molecule has 0 saturated carbocycles. The molecule has 1 saturated heterocycles. The molecular weight excluding hydrogens is 469 g/mol. The summed E-state index contributed by atoms with van der Waals surface area (Å²) in [4.78, 5) is 40.3. The van der Waals surface area contributed by atoms with Gasteiger partial charge in [-0.25, -0.2) is 0 Å². The molecule has 0 bridgehead atoms. The number of Topliss-reactive ketones (excluding diaryl/α,β-unsaturated/α-hetero) is 1. The van der Waals surface area contributed by atoms with Crippen molar-refractivity contribution in [2.45, 2.75) is 31.5 Å². The van der Waals surface area contributed by atoms with E-state index < -0.39 is 29.7 Å². The number of hydrogen-bond donors (Lipinski definition) is 2. The number of carbonyl (C=O) groups is 3. The number of rotatable bonds is 13. The number of thioether (sulfide) groups is 1. The average molecular weight is 503 g/mol. The third-order valence-electron chi connectivity index (χ3n) is 5.52. The first-order chi connectivity index (χ1) is 16.1. The first kappa shape index (κ1) is 28.3. The number of amides is 2. The zero-order valence-corrected chi connectivity index (χ0v) is 20.2. The van der Waals surface area contributed by atoms with E-state index in [0.717, 1.165) is 43.5 Å². The molecule has 1 aliphatic rings. The molecule has 1 atom stereocenters. The highest BCUT2D eigenvalue weighted by molar-refractivity contribution is 7.99. The fourth-order valence-corrected chi connectivity index (χ4v) is 4.33. The number of hydrogen-bond acceptors (Lipinski definition) is 7. The van der Waals surface area contributed by atoms with Gasteiger partial charge < -0.3 is 10.2 Å².